The van der Waals surface area contributed by atoms with Crippen LogP contribution in [0.1, 0.15) is 18.7 Å². The maximum Gasteiger partial charge on any atom is 0.237 e. The van der Waals surface area contributed by atoms with Crippen molar-refractivity contribution < 1.29 is 0 Å². The first-order valence-electron chi connectivity index (χ1n) is 9.71. The molecule has 1 fully saturated rings. The van der Waals surface area contributed by atoms with Crippen LogP contribution in [-0.2, 0) is 5.54 Å². The molecule has 3 aromatic heterocycles. The number of nitrogens with zero attached hydrogens (tertiary/aromatic N) is 8. The molecule has 0 radical (unpaired) electrons. The van der Waals surface area contributed by atoms with Gasteiger partial charge < -0.3 is 4.90 Å². The Morgan fingerprint density at radius 1 is 1.07 bits per heavy atom. The lowest BCUT2D eigenvalue weighted by atomic mass is 9.91. The third-order valence-corrected chi connectivity index (χ3v) is 6.23. The molecule has 2 atom stereocenters. The molecule has 0 spiro atoms. The predicted octanol–water partition coefficient (Wildman–Crippen LogP) is 2.66. The van der Waals surface area contributed by atoms with Gasteiger partial charge in [0.1, 0.15) is 23.4 Å². The molecule has 0 saturated carbocycles. The summed E-state index contributed by atoms with van der Waals surface area (Å²) in [6.07, 6.45) is 14.0. The Kier molecular flexibility index (Phi) is 2.70. The summed E-state index contributed by atoms with van der Waals surface area (Å²) >= 11 is 0. The van der Waals surface area contributed by atoms with Crippen LogP contribution in [0.2, 0.25) is 0 Å². The smallest absolute Gasteiger partial charge is 0.237 e. The van der Waals surface area contributed by atoms with Crippen molar-refractivity contribution in [1.82, 2.24) is 34.3 Å². The molecule has 8 nitrogen and oxygen atoms in total. The molecule has 140 valence electrons. The molecule has 1 aromatic carbocycles. The summed E-state index contributed by atoms with van der Waals surface area (Å²) in [5, 5.41) is 8.63. The zero-order chi connectivity index (χ0) is 19.0. The topological polar surface area (TPSA) is 77.5 Å². The standard InChI is InChI=1S/C21H16N8/c1-2-4-14(5-3-1)17-22-10-11-27(17)20-23-12-16-18(25-20)29-15-6-8-21(29,9-7-15)19-26-24-13-28(16)19/h1-6,8,10-13,15H,7,9H2. The third-order valence-electron chi connectivity index (χ3n) is 6.23. The minimum absolute atomic E-state index is 0.253. The first-order valence-corrected chi connectivity index (χ1v) is 9.71. The molecule has 3 aliphatic heterocycles. The van der Waals surface area contributed by atoms with E-state index in [9.17, 15) is 0 Å². The van der Waals surface area contributed by atoms with Gasteiger partial charge in [-0.1, -0.05) is 42.5 Å². The van der Waals surface area contributed by atoms with E-state index in [2.05, 4.69) is 37.2 Å². The van der Waals surface area contributed by atoms with Crippen LogP contribution in [0.5, 0.6) is 0 Å². The zero-order valence-electron chi connectivity index (χ0n) is 15.4. The van der Waals surface area contributed by atoms with Crippen LogP contribution in [0.4, 0.5) is 5.82 Å². The molecule has 0 amide bonds. The highest BCUT2D eigenvalue weighted by Gasteiger charge is 2.55. The monoisotopic (exact) mass is 380 g/mol. The van der Waals surface area contributed by atoms with Crippen molar-refractivity contribution in [2.45, 2.75) is 24.4 Å². The van der Waals surface area contributed by atoms with Gasteiger partial charge in [0.2, 0.25) is 5.95 Å². The van der Waals surface area contributed by atoms with Gasteiger partial charge in [-0.15, -0.1) is 10.2 Å². The first kappa shape index (κ1) is 15.2. The summed E-state index contributed by atoms with van der Waals surface area (Å²) < 4.78 is 3.97. The molecule has 2 unspecified atom stereocenters. The quantitative estimate of drug-likeness (QED) is 0.498. The van der Waals surface area contributed by atoms with Gasteiger partial charge in [-0.2, -0.15) is 4.98 Å². The van der Waals surface area contributed by atoms with Crippen molar-refractivity contribution in [2.75, 3.05) is 4.90 Å². The van der Waals surface area contributed by atoms with E-state index >= 15 is 0 Å². The molecule has 7 rings (SSSR count). The number of hydrogen-bond acceptors (Lipinski definition) is 6. The Morgan fingerprint density at radius 2 is 2.00 bits per heavy atom. The van der Waals surface area contributed by atoms with Crippen molar-refractivity contribution in [1.29, 1.82) is 0 Å². The van der Waals surface area contributed by atoms with Crippen LogP contribution < -0.4 is 4.90 Å². The maximum atomic E-state index is 5.02. The number of anilines is 1. The zero-order valence-corrected chi connectivity index (χ0v) is 15.4. The molecule has 2 bridgehead atoms. The molecule has 4 aromatic rings. The van der Waals surface area contributed by atoms with Crippen molar-refractivity contribution in [2.24, 2.45) is 0 Å². The summed E-state index contributed by atoms with van der Waals surface area (Å²) in [7, 11) is 0. The highest BCUT2D eigenvalue weighted by molar-refractivity contribution is 5.69. The number of imidazole rings is 1. The van der Waals surface area contributed by atoms with E-state index in [1.165, 1.54) is 0 Å². The average Bonchev–Trinajstić information content (AvgIpc) is 3.56. The van der Waals surface area contributed by atoms with Crippen LogP contribution in [0.3, 0.4) is 0 Å². The summed E-state index contributed by atoms with van der Waals surface area (Å²) in [6.45, 7) is 0. The van der Waals surface area contributed by atoms with Crippen LogP contribution >= 0.6 is 0 Å². The Morgan fingerprint density at radius 3 is 2.86 bits per heavy atom. The maximum absolute atomic E-state index is 5.02. The lowest BCUT2D eigenvalue weighted by molar-refractivity contribution is 0.498. The van der Waals surface area contributed by atoms with Gasteiger partial charge in [0.15, 0.2) is 11.6 Å². The van der Waals surface area contributed by atoms with E-state index in [4.69, 9.17) is 4.98 Å². The van der Waals surface area contributed by atoms with E-state index in [1.807, 2.05) is 51.9 Å². The van der Waals surface area contributed by atoms with Gasteiger partial charge in [-0.3, -0.25) is 9.13 Å². The minimum Gasteiger partial charge on any atom is -0.332 e. The second-order valence-corrected chi connectivity index (χ2v) is 7.65. The Hall–Kier alpha value is -3.81. The van der Waals surface area contributed by atoms with Gasteiger partial charge in [0.25, 0.3) is 0 Å². The molecule has 29 heavy (non-hydrogen) atoms. The molecule has 0 N–H and O–H groups in total. The van der Waals surface area contributed by atoms with Crippen molar-refractivity contribution in [3.05, 3.63) is 73.2 Å². The van der Waals surface area contributed by atoms with Crippen molar-refractivity contribution in [3.63, 3.8) is 0 Å². The van der Waals surface area contributed by atoms with E-state index < -0.39 is 0 Å². The second-order valence-electron chi connectivity index (χ2n) is 7.65. The fraction of sp³-hybridized carbons (Fsp3) is 0.190. The molecule has 6 heterocycles. The Balaban J connectivity index is 1.44. The number of hydrogen-bond donors (Lipinski definition) is 0. The number of rotatable bonds is 2. The van der Waals surface area contributed by atoms with E-state index in [0.717, 1.165) is 41.6 Å². The molecule has 8 heteroatoms. The number of benzene rings is 1. The summed E-state index contributed by atoms with van der Waals surface area (Å²) in [4.78, 5) is 16.6. The van der Waals surface area contributed by atoms with E-state index in [0.29, 0.717) is 12.0 Å². The van der Waals surface area contributed by atoms with Gasteiger partial charge in [0, 0.05) is 18.0 Å². The van der Waals surface area contributed by atoms with Crippen LogP contribution in [-0.4, -0.2) is 40.3 Å². The largest absolute Gasteiger partial charge is 0.332 e. The Bertz CT molecular complexity index is 1290. The second kappa shape index (κ2) is 5.16. The molecule has 1 saturated heterocycles. The van der Waals surface area contributed by atoms with Crippen molar-refractivity contribution >= 4 is 5.82 Å². The molecule has 0 aliphatic carbocycles. The summed E-state index contributed by atoms with van der Waals surface area (Å²) in [6, 6.07) is 10.4. The first-order chi connectivity index (χ1) is 14.4. The van der Waals surface area contributed by atoms with E-state index in [-0.39, 0.29) is 5.54 Å². The average molecular weight is 380 g/mol. The molecular formula is C21H16N8. The van der Waals surface area contributed by atoms with Crippen LogP contribution in [0.25, 0.3) is 23.0 Å². The molecule has 3 aliphatic rings. The third kappa shape index (κ3) is 1.81. The number of fused-ring (bicyclic) bond motifs is 3. The fourth-order valence-corrected chi connectivity index (χ4v) is 4.96. The summed E-state index contributed by atoms with van der Waals surface area (Å²) in [5.74, 6) is 3.30. The number of aromatic nitrogens is 7. The van der Waals surface area contributed by atoms with E-state index in [1.54, 1.807) is 12.5 Å². The lowest BCUT2D eigenvalue weighted by Gasteiger charge is -2.39. The van der Waals surface area contributed by atoms with Gasteiger partial charge in [0.05, 0.1) is 12.2 Å². The van der Waals surface area contributed by atoms with Gasteiger partial charge >= 0.3 is 0 Å². The van der Waals surface area contributed by atoms with Crippen LogP contribution in [0, 0.1) is 0 Å². The minimum atomic E-state index is -0.253. The summed E-state index contributed by atoms with van der Waals surface area (Å²) in [5.41, 5.74) is 1.69. The Labute approximate surface area is 166 Å². The predicted molar refractivity (Wildman–Crippen MR) is 106 cm³/mol. The van der Waals surface area contributed by atoms with Crippen LogP contribution in [0.15, 0.2) is 67.4 Å². The lowest BCUT2D eigenvalue weighted by Crippen LogP contribution is -2.45. The fourth-order valence-electron chi connectivity index (χ4n) is 4.96. The highest BCUT2D eigenvalue weighted by Crippen LogP contribution is 2.53. The van der Waals surface area contributed by atoms with Crippen molar-refractivity contribution in [3.8, 4) is 23.0 Å². The SMILES string of the molecule is C1=CC23CCC1N2c1nc(-n2ccnc2-c2ccccc2)ncc1-n1cnnc13. The molecular weight excluding hydrogens is 364 g/mol. The highest BCUT2D eigenvalue weighted by atomic mass is 15.4. The van der Waals surface area contributed by atoms with Gasteiger partial charge in [-0.25, -0.2) is 9.97 Å². The van der Waals surface area contributed by atoms with Gasteiger partial charge in [-0.05, 0) is 12.8 Å². The normalized spacial score (nSPS) is 23.2.